The molecule has 0 saturated heterocycles. The first-order valence-electron chi connectivity index (χ1n) is 5.79. The Morgan fingerprint density at radius 3 is 2.00 bits per heavy atom. The Morgan fingerprint density at radius 1 is 1.24 bits per heavy atom. The third-order valence-electron chi connectivity index (χ3n) is 3.93. The van der Waals surface area contributed by atoms with Crippen LogP contribution in [0, 0.1) is 5.92 Å². The van der Waals surface area contributed by atoms with Gasteiger partial charge in [-0.25, -0.2) is 0 Å². The van der Waals surface area contributed by atoms with Gasteiger partial charge in [-0.15, -0.1) is 0 Å². The summed E-state index contributed by atoms with van der Waals surface area (Å²) in [6.07, 6.45) is 0.276. The summed E-state index contributed by atoms with van der Waals surface area (Å²) in [5.41, 5.74) is 0. The molecule has 1 saturated carbocycles. The molecule has 0 aromatic heterocycles. The van der Waals surface area contributed by atoms with Gasteiger partial charge >= 0.3 is 58.4 Å². The number of halogens is 3. The van der Waals surface area contributed by atoms with Crippen molar-refractivity contribution in [3.05, 3.63) is 0 Å². The van der Waals surface area contributed by atoms with Crippen molar-refractivity contribution in [2.45, 2.75) is 51.1 Å². The average Bonchev–Trinajstić information content (AvgIpc) is 2.75. The van der Waals surface area contributed by atoms with Gasteiger partial charge in [0.1, 0.15) is 0 Å². The van der Waals surface area contributed by atoms with Crippen molar-refractivity contribution in [1.29, 1.82) is 0 Å². The molecule has 0 aromatic rings. The molecule has 1 nitrogen and oxygen atoms in total. The van der Waals surface area contributed by atoms with E-state index >= 15 is 0 Å². The zero-order chi connectivity index (χ0) is 12.8. The number of hydrogen-bond acceptors (Lipinski definition) is 1. The standard InChI is InChI=1S/C10H21BF3OSi.K/c1-10(2,3)16(4,5)15-7-8-6-9(8)11(12,13)14;/h8-9H,6-7H2,1-5H3;/q-1;+1/t8-,9+;/m0./s1. The van der Waals surface area contributed by atoms with Crippen LogP contribution in [-0.4, -0.2) is 21.9 Å². The van der Waals surface area contributed by atoms with Gasteiger partial charge in [0.2, 0.25) is 0 Å². The van der Waals surface area contributed by atoms with E-state index < -0.39 is 21.1 Å². The van der Waals surface area contributed by atoms with Crippen LogP contribution < -0.4 is 51.4 Å². The topological polar surface area (TPSA) is 9.23 Å². The SMILES string of the molecule is CC(C)(C)[Si](C)(C)OC[C@@H]1C[C@H]1[B-](F)(F)F.[K+]. The van der Waals surface area contributed by atoms with Crippen LogP contribution in [0.5, 0.6) is 0 Å². The maximum absolute atomic E-state index is 12.4. The van der Waals surface area contributed by atoms with E-state index in [2.05, 4.69) is 33.9 Å². The molecule has 0 amide bonds. The molecule has 0 N–H and O–H groups in total. The molecule has 1 aliphatic rings. The average molecular weight is 292 g/mol. The summed E-state index contributed by atoms with van der Waals surface area (Å²) < 4.78 is 42.9. The molecule has 0 aliphatic heterocycles. The van der Waals surface area contributed by atoms with Gasteiger partial charge in [-0.05, 0) is 24.1 Å². The first kappa shape index (κ1) is 18.7. The normalized spacial score (nSPS) is 25.4. The predicted octanol–water partition coefficient (Wildman–Crippen LogP) is 1.25. The van der Waals surface area contributed by atoms with Gasteiger partial charge in [0, 0.05) is 6.61 Å². The minimum Gasteiger partial charge on any atom is -0.449 e. The van der Waals surface area contributed by atoms with Gasteiger partial charge in [0.05, 0.1) is 0 Å². The first-order chi connectivity index (χ1) is 6.95. The van der Waals surface area contributed by atoms with Crippen molar-refractivity contribution in [1.82, 2.24) is 0 Å². The van der Waals surface area contributed by atoms with Crippen LogP contribution in [0.4, 0.5) is 12.9 Å². The summed E-state index contributed by atoms with van der Waals surface area (Å²) >= 11 is 0. The molecular formula is C10H21BF3KOSi. The van der Waals surface area contributed by atoms with E-state index in [0.29, 0.717) is 6.61 Å². The van der Waals surface area contributed by atoms with Crippen LogP contribution >= 0.6 is 0 Å². The van der Waals surface area contributed by atoms with E-state index in [1.165, 1.54) is 0 Å². The molecule has 0 aromatic carbocycles. The quantitative estimate of drug-likeness (QED) is 0.709. The molecular weight excluding hydrogens is 271 g/mol. The molecule has 0 bridgehead atoms. The van der Waals surface area contributed by atoms with E-state index in [-0.39, 0.29) is 68.8 Å². The van der Waals surface area contributed by atoms with Gasteiger partial charge in [0.15, 0.2) is 8.32 Å². The zero-order valence-electron chi connectivity index (χ0n) is 11.7. The third kappa shape index (κ3) is 5.28. The van der Waals surface area contributed by atoms with E-state index in [1.54, 1.807) is 0 Å². The van der Waals surface area contributed by atoms with Gasteiger partial charge in [0.25, 0.3) is 0 Å². The van der Waals surface area contributed by atoms with E-state index in [0.717, 1.165) is 0 Å². The molecule has 17 heavy (non-hydrogen) atoms. The second kappa shape index (κ2) is 5.97. The fourth-order valence-corrected chi connectivity index (χ4v) is 2.52. The Kier molecular flexibility index (Phi) is 6.56. The van der Waals surface area contributed by atoms with Crippen molar-refractivity contribution in [2.24, 2.45) is 5.92 Å². The van der Waals surface area contributed by atoms with Crippen molar-refractivity contribution in [3.63, 3.8) is 0 Å². The summed E-state index contributed by atoms with van der Waals surface area (Å²) in [7, 11) is -1.88. The van der Waals surface area contributed by atoms with Crippen molar-refractivity contribution >= 4 is 15.3 Å². The molecule has 1 rings (SSSR count). The smallest absolute Gasteiger partial charge is 0.449 e. The summed E-state index contributed by atoms with van der Waals surface area (Å²) in [5, 5.41) is 0.0702. The van der Waals surface area contributed by atoms with Crippen LogP contribution in [0.3, 0.4) is 0 Å². The molecule has 1 fully saturated rings. The molecule has 2 atom stereocenters. The van der Waals surface area contributed by atoms with Crippen LogP contribution in [0.15, 0.2) is 0 Å². The Balaban J connectivity index is 0.00000256. The predicted molar refractivity (Wildman–Crippen MR) is 64.1 cm³/mol. The largest absolute Gasteiger partial charge is 1.00 e. The second-order valence-electron chi connectivity index (χ2n) is 6.36. The van der Waals surface area contributed by atoms with E-state index in [1.807, 2.05) is 0 Å². The van der Waals surface area contributed by atoms with Gasteiger partial charge < -0.3 is 17.4 Å². The van der Waals surface area contributed by atoms with Crippen LogP contribution in [0.25, 0.3) is 0 Å². The summed E-state index contributed by atoms with van der Waals surface area (Å²) in [4.78, 5) is 0. The number of rotatable bonds is 4. The van der Waals surface area contributed by atoms with Crippen molar-refractivity contribution in [3.8, 4) is 0 Å². The number of hydrogen-bond donors (Lipinski definition) is 0. The molecule has 7 heteroatoms. The van der Waals surface area contributed by atoms with Gasteiger partial charge in [-0.1, -0.05) is 33.0 Å². The van der Waals surface area contributed by atoms with Crippen LogP contribution in [0.1, 0.15) is 27.2 Å². The molecule has 0 unspecified atom stereocenters. The Morgan fingerprint density at radius 2 is 1.71 bits per heavy atom. The van der Waals surface area contributed by atoms with Crippen LogP contribution in [-0.2, 0) is 4.43 Å². The summed E-state index contributed by atoms with van der Waals surface area (Å²) in [5.74, 6) is -1.32. The van der Waals surface area contributed by atoms with E-state index in [9.17, 15) is 12.9 Å². The fraction of sp³-hybridized carbons (Fsp3) is 1.00. The maximum atomic E-state index is 12.4. The van der Waals surface area contributed by atoms with Crippen molar-refractivity contribution < 1.29 is 68.8 Å². The van der Waals surface area contributed by atoms with E-state index in [4.69, 9.17) is 4.43 Å². The fourth-order valence-electron chi connectivity index (χ4n) is 1.46. The maximum Gasteiger partial charge on any atom is 1.00 e. The minimum atomic E-state index is -4.64. The summed E-state index contributed by atoms with van der Waals surface area (Å²) in [6, 6.07) is 0. The minimum absolute atomic E-state index is 0. The zero-order valence-corrected chi connectivity index (χ0v) is 15.8. The van der Waals surface area contributed by atoms with Gasteiger partial charge in [-0.3, -0.25) is 0 Å². The Hall–Kier alpha value is 1.67. The summed E-state index contributed by atoms with van der Waals surface area (Å²) in [6.45, 7) is 6.08. The molecule has 0 spiro atoms. The van der Waals surface area contributed by atoms with Gasteiger partial charge in [-0.2, -0.15) is 0 Å². The Bertz CT molecular complexity index is 265. The first-order valence-corrected chi connectivity index (χ1v) is 8.70. The molecule has 0 heterocycles. The molecule has 0 radical (unpaired) electrons. The van der Waals surface area contributed by atoms with Crippen LogP contribution in [0.2, 0.25) is 23.9 Å². The molecule has 96 valence electrons. The third-order valence-corrected chi connectivity index (χ3v) is 8.43. The Labute approximate surface area is 146 Å². The van der Waals surface area contributed by atoms with Crippen molar-refractivity contribution in [2.75, 3.05) is 6.61 Å². The molecule has 1 aliphatic carbocycles. The monoisotopic (exact) mass is 292 g/mol. The second-order valence-corrected chi connectivity index (χ2v) is 11.2.